The zero-order valence-electron chi connectivity index (χ0n) is 11.9. The van der Waals surface area contributed by atoms with Gasteiger partial charge in [0.15, 0.2) is 0 Å². The second kappa shape index (κ2) is 6.70. The molecule has 1 aliphatic heterocycles. The highest BCUT2D eigenvalue weighted by Gasteiger charge is 2.26. The Balaban J connectivity index is 1.67. The molecule has 0 bridgehead atoms. The first-order chi connectivity index (χ1) is 10.7. The number of amides is 1. The molecular formula is C15H15ClN4O2. The average Bonchev–Trinajstić information content (AvgIpc) is 2.57. The van der Waals surface area contributed by atoms with E-state index in [0.29, 0.717) is 29.6 Å². The largest absolute Gasteiger partial charge is 0.487 e. The minimum atomic E-state index is -0.123. The van der Waals surface area contributed by atoms with Crippen molar-refractivity contribution in [2.24, 2.45) is 0 Å². The fraction of sp³-hybridized carbons (Fsp3) is 0.333. The number of pyridine rings is 1. The van der Waals surface area contributed by atoms with Gasteiger partial charge in [0.1, 0.15) is 22.6 Å². The summed E-state index contributed by atoms with van der Waals surface area (Å²) < 4.78 is 5.90. The summed E-state index contributed by atoms with van der Waals surface area (Å²) in [7, 11) is 0. The summed E-state index contributed by atoms with van der Waals surface area (Å²) in [6.45, 7) is 1.20. The van der Waals surface area contributed by atoms with Crippen LogP contribution in [0.3, 0.4) is 0 Å². The summed E-state index contributed by atoms with van der Waals surface area (Å²) in [5.74, 6) is 0.470. The maximum absolute atomic E-state index is 12.4. The van der Waals surface area contributed by atoms with Crippen molar-refractivity contribution in [2.45, 2.75) is 18.9 Å². The van der Waals surface area contributed by atoms with Crippen LogP contribution in [0.25, 0.3) is 0 Å². The van der Waals surface area contributed by atoms with Crippen LogP contribution in [-0.4, -0.2) is 45.0 Å². The maximum atomic E-state index is 12.4. The molecule has 1 aliphatic rings. The van der Waals surface area contributed by atoms with E-state index in [4.69, 9.17) is 16.3 Å². The molecule has 114 valence electrons. The van der Waals surface area contributed by atoms with Crippen LogP contribution in [-0.2, 0) is 0 Å². The van der Waals surface area contributed by atoms with Crippen molar-refractivity contribution in [1.82, 2.24) is 19.9 Å². The Hall–Kier alpha value is -2.21. The third kappa shape index (κ3) is 3.33. The molecule has 6 nitrogen and oxygen atoms in total. The van der Waals surface area contributed by atoms with Gasteiger partial charge in [0.05, 0.1) is 12.7 Å². The number of likely N-dealkylation sites (tertiary alicyclic amines) is 1. The lowest BCUT2D eigenvalue weighted by Crippen LogP contribution is -2.44. The molecule has 0 saturated carbocycles. The molecule has 3 rings (SSSR count). The minimum absolute atomic E-state index is 0.0886. The van der Waals surface area contributed by atoms with Gasteiger partial charge in [-0.2, -0.15) is 0 Å². The predicted octanol–water partition coefficient (Wildman–Crippen LogP) is 2.21. The SMILES string of the molecule is O=C(c1cnccn1)N1CCCC(Oc2ccncc2Cl)C1. The molecule has 22 heavy (non-hydrogen) atoms. The Labute approximate surface area is 133 Å². The highest BCUT2D eigenvalue weighted by molar-refractivity contribution is 6.31. The van der Waals surface area contributed by atoms with Crippen molar-refractivity contribution in [1.29, 1.82) is 0 Å². The summed E-state index contributed by atoms with van der Waals surface area (Å²) in [6.07, 6.45) is 9.38. The summed E-state index contributed by atoms with van der Waals surface area (Å²) >= 11 is 6.05. The molecule has 0 radical (unpaired) electrons. The first kappa shape index (κ1) is 14.7. The van der Waals surface area contributed by atoms with Gasteiger partial charge in [-0.25, -0.2) is 4.98 Å². The van der Waals surface area contributed by atoms with E-state index in [1.165, 1.54) is 12.4 Å². The molecule has 0 aromatic carbocycles. The third-order valence-electron chi connectivity index (χ3n) is 3.48. The lowest BCUT2D eigenvalue weighted by Gasteiger charge is -2.32. The lowest BCUT2D eigenvalue weighted by molar-refractivity contribution is 0.0532. The van der Waals surface area contributed by atoms with Crippen molar-refractivity contribution >= 4 is 17.5 Å². The van der Waals surface area contributed by atoms with E-state index in [1.807, 2.05) is 0 Å². The van der Waals surface area contributed by atoms with E-state index >= 15 is 0 Å². The predicted molar refractivity (Wildman–Crippen MR) is 80.8 cm³/mol. The second-order valence-electron chi connectivity index (χ2n) is 5.03. The van der Waals surface area contributed by atoms with Crippen molar-refractivity contribution in [3.05, 3.63) is 47.8 Å². The molecule has 1 fully saturated rings. The topological polar surface area (TPSA) is 68.2 Å². The normalized spacial score (nSPS) is 18.0. The molecule has 0 spiro atoms. The number of halogens is 1. The summed E-state index contributed by atoms with van der Waals surface area (Å²) in [6, 6.07) is 1.73. The van der Waals surface area contributed by atoms with Crippen molar-refractivity contribution in [2.75, 3.05) is 13.1 Å². The molecule has 1 amide bonds. The van der Waals surface area contributed by atoms with E-state index in [0.717, 1.165) is 12.8 Å². The van der Waals surface area contributed by atoms with Crippen molar-refractivity contribution < 1.29 is 9.53 Å². The number of aromatic nitrogens is 3. The van der Waals surface area contributed by atoms with E-state index in [9.17, 15) is 4.79 Å². The smallest absolute Gasteiger partial charge is 0.274 e. The Morgan fingerprint density at radius 1 is 1.27 bits per heavy atom. The van der Waals surface area contributed by atoms with Gasteiger partial charge < -0.3 is 9.64 Å². The van der Waals surface area contributed by atoms with Gasteiger partial charge >= 0.3 is 0 Å². The van der Waals surface area contributed by atoms with Crippen LogP contribution in [0.2, 0.25) is 5.02 Å². The number of hydrogen-bond acceptors (Lipinski definition) is 5. The standard InChI is InChI=1S/C15H15ClN4O2/c16-12-8-17-4-3-14(12)22-11-2-1-7-20(10-11)15(21)13-9-18-5-6-19-13/h3-6,8-9,11H,1-2,7,10H2. The monoisotopic (exact) mass is 318 g/mol. The average molecular weight is 319 g/mol. The summed E-state index contributed by atoms with van der Waals surface area (Å²) in [5.41, 5.74) is 0.352. The summed E-state index contributed by atoms with van der Waals surface area (Å²) in [5, 5.41) is 0.472. The molecule has 0 N–H and O–H groups in total. The molecule has 7 heteroatoms. The molecule has 3 heterocycles. The minimum Gasteiger partial charge on any atom is -0.487 e. The van der Waals surface area contributed by atoms with Crippen molar-refractivity contribution in [3.8, 4) is 5.75 Å². The molecule has 2 aromatic rings. The van der Waals surface area contributed by atoms with Gasteiger partial charge in [-0.3, -0.25) is 14.8 Å². The fourth-order valence-corrected chi connectivity index (χ4v) is 2.59. The number of rotatable bonds is 3. The number of carbonyl (C=O) groups excluding carboxylic acids is 1. The third-order valence-corrected chi connectivity index (χ3v) is 3.76. The first-order valence-corrected chi connectivity index (χ1v) is 7.43. The highest BCUT2D eigenvalue weighted by Crippen LogP contribution is 2.25. The Morgan fingerprint density at radius 3 is 2.91 bits per heavy atom. The Bertz CT molecular complexity index is 653. The van der Waals surface area contributed by atoms with Crippen LogP contribution in [0.15, 0.2) is 37.1 Å². The second-order valence-corrected chi connectivity index (χ2v) is 5.44. The fourth-order valence-electron chi connectivity index (χ4n) is 2.43. The van der Waals surface area contributed by atoms with Crippen LogP contribution < -0.4 is 4.74 Å². The number of hydrogen-bond donors (Lipinski definition) is 0. The molecule has 1 saturated heterocycles. The van der Waals surface area contributed by atoms with E-state index in [1.54, 1.807) is 29.6 Å². The maximum Gasteiger partial charge on any atom is 0.274 e. The summed E-state index contributed by atoms with van der Waals surface area (Å²) in [4.78, 5) is 26.1. The van der Waals surface area contributed by atoms with Crippen LogP contribution in [0.5, 0.6) is 5.75 Å². The van der Waals surface area contributed by atoms with E-state index in [2.05, 4.69) is 15.0 Å². The number of ether oxygens (including phenoxy) is 1. The van der Waals surface area contributed by atoms with E-state index in [-0.39, 0.29) is 12.0 Å². The van der Waals surface area contributed by atoms with Crippen LogP contribution in [0, 0.1) is 0 Å². The quantitative estimate of drug-likeness (QED) is 0.868. The number of carbonyl (C=O) groups is 1. The highest BCUT2D eigenvalue weighted by atomic mass is 35.5. The van der Waals surface area contributed by atoms with Gasteiger partial charge in [0, 0.05) is 37.4 Å². The molecule has 0 aliphatic carbocycles. The van der Waals surface area contributed by atoms with Gasteiger partial charge in [-0.15, -0.1) is 0 Å². The zero-order chi connectivity index (χ0) is 15.4. The molecule has 1 atom stereocenters. The van der Waals surface area contributed by atoms with Crippen LogP contribution >= 0.6 is 11.6 Å². The Kier molecular flexibility index (Phi) is 4.48. The van der Waals surface area contributed by atoms with Gasteiger partial charge in [-0.1, -0.05) is 11.6 Å². The molecular weight excluding hydrogens is 304 g/mol. The molecule has 1 unspecified atom stereocenters. The van der Waals surface area contributed by atoms with Crippen LogP contribution in [0.4, 0.5) is 0 Å². The zero-order valence-corrected chi connectivity index (χ0v) is 12.6. The number of piperidine rings is 1. The lowest BCUT2D eigenvalue weighted by atomic mass is 10.1. The van der Waals surface area contributed by atoms with Crippen LogP contribution in [0.1, 0.15) is 23.3 Å². The number of nitrogens with zero attached hydrogens (tertiary/aromatic N) is 4. The van der Waals surface area contributed by atoms with Crippen molar-refractivity contribution in [3.63, 3.8) is 0 Å². The van der Waals surface area contributed by atoms with Gasteiger partial charge in [0.25, 0.3) is 5.91 Å². The first-order valence-electron chi connectivity index (χ1n) is 7.05. The van der Waals surface area contributed by atoms with Gasteiger partial charge in [-0.05, 0) is 12.8 Å². The van der Waals surface area contributed by atoms with Gasteiger partial charge in [0.2, 0.25) is 0 Å². The Morgan fingerprint density at radius 2 is 2.14 bits per heavy atom. The molecule has 2 aromatic heterocycles. The van der Waals surface area contributed by atoms with E-state index < -0.39 is 0 Å².